The molecule has 0 radical (unpaired) electrons. The Balaban J connectivity index is 3.28. The van der Waals surface area contributed by atoms with Gasteiger partial charge in [-0.15, -0.1) is 0 Å². The summed E-state index contributed by atoms with van der Waals surface area (Å²) in [6, 6.07) is 0. The fourth-order valence-corrected chi connectivity index (χ4v) is 2.79. The van der Waals surface area contributed by atoms with Crippen molar-refractivity contribution < 1.29 is 28.7 Å². The Bertz CT molecular complexity index is 620. The van der Waals surface area contributed by atoms with Gasteiger partial charge in [-0.1, -0.05) is 13.8 Å². The number of Topliss-reactive ketones (excluding diaryl/α,β-unsaturated/α-hetero) is 2. The van der Waals surface area contributed by atoms with Crippen molar-refractivity contribution in [3.8, 4) is 0 Å². The summed E-state index contributed by atoms with van der Waals surface area (Å²) in [5.41, 5.74) is -2.31. The van der Waals surface area contributed by atoms with Crippen molar-refractivity contribution in [1.29, 1.82) is 0 Å². The molecule has 1 aliphatic rings. The van der Waals surface area contributed by atoms with E-state index >= 15 is 0 Å². The van der Waals surface area contributed by atoms with E-state index in [1.165, 1.54) is 0 Å². The molecule has 0 saturated heterocycles. The van der Waals surface area contributed by atoms with Gasteiger partial charge < -0.3 is 9.47 Å². The van der Waals surface area contributed by atoms with E-state index in [1.54, 1.807) is 41.5 Å². The van der Waals surface area contributed by atoms with Gasteiger partial charge in [-0.3, -0.25) is 9.59 Å². The van der Waals surface area contributed by atoms with E-state index in [9.17, 15) is 19.2 Å². The van der Waals surface area contributed by atoms with Crippen LogP contribution in [0, 0.1) is 11.3 Å². The van der Waals surface area contributed by atoms with Gasteiger partial charge in [0.2, 0.25) is 0 Å². The number of carbonyl (C=O) groups excluding carboxylic acids is 4. The second-order valence-corrected chi connectivity index (χ2v) is 9.52. The van der Waals surface area contributed by atoms with Gasteiger partial charge in [-0.25, -0.2) is 9.59 Å². The van der Waals surface area contributed by atoms with Gasteiger partial charge in [0.1, 0.15) is 28.7 Å². The van der Waals surface area contributed by atoms with E-state index in [1.807, 2.05) is 13.8 Å². The number of ketones is 2. The van der Waals surface area contributed by atoms with Crippen LogP contribution in [-0.4, -0.2) is 34.7 Å². The second kappa shape index (κ2) is 7.33. The predicted octanol–water partition coefficient (Wildman–Crippen LogP) is 3.17. The molecule has 1 rings (SSSR count). The third-order valence-electron chi connectivity index (χ3n) is 3.58. The third-order valence-corrected chi connectivity index (χ3v) is 3.58. The first-order chi connectivity index (χ1) is 11.5. The van der Waals surface area contributed by atoms with Crippen molar-refractivity contribution in [2.75, 3.05) is 0 Å². The van der Waals surface area contributed by atoms with Crippen LogP contribution in [0.25, 0.3) is 0 Å². The van der Waals surface area contributed by atoms with Crippen molar-refractivity contribution in [3.63, 3.8) is 0 Å². The molecule has 26 heavy (non-hydrogen) atoms. The van der Waals surface area contributed by atoms with E-state index in [2.05, 4.69) is 0 Å². The quantitative estimate of drug-likeness (QED) is 0.433. The largest absolute Gasteiger partial charge is 0.457 e. The summed E-state index contributed by atoms with van der Waals surface area (Å²) in [7, 11) is 0. The Morgan fingerprint density at radius 3 is 1.73 bits per heavy atom. The Morgan fingerprint density at radius 1 is 0.923 bits per heavy atom. The molecule has 146 valence electrons. The molecule has 1 fully saturated rings. The molecule has 0 N–H and O–H groups in total. The van der Waals surface area contributed by atoms with Crippen LogP contribution in [-0.2, 0) is 28.7 Å². The molecule has 0 heterocycles. The molecule has 0 bridgehead atoms. The van der Waals surface area contributed by atoms with E-state index in [4.69, 9.17) is 9.47 Å². The molecule has 0 aromatic carbocycles. The number of hydrogen-bond donors (Lipinski definition) is 0. The van der Waals surface area contributed by atoms with Crippen molar-refractivity contribution in [2.45, 2.75) is 79.4 Å². The zero-order valence-electron chi connectivity index (χ0n) is 17.0. The summed E-state index contributed by atoms with van der Waals surface area (Å²) in [6.45, 7) is 13.7. The average Bonchev–Trinajstić information content (AvgIpc) is 2.30. The van der Waals surface area contributed by atoms with Crippen molar-refractivity contribution in [2.24, 2.45) is 11.3 Å². The lowest BCUT2D eigenvalue weighted by atomic mass is 9.69. The number of hydrogen-bond acceptors (Lipinski definition) is 6. The molecule has 0 aliphatic heterocycles. The van der Waals surface area contributed by atoms with Gasteiger partial charge in [0.25, 0.3) is 0 Å². The summed E-state index contributed by atoms with van der Waals surface area (Å²) in [5.74, 6) is -3.69. The first kappa shape index (κ1) is 22.1. The van der Waals surface area contributed by atoms with Crippen LogP contribution in [0.15, 0.2) is 11.6 Å². The molecule has 0 spiro atoms. The van der Waals surface area contributed by atoms with Crippen LogP contribution in [0.3, 0.4) is 0 Å². The standard InChI is InChI=1S/C20H30O6/c1-18(2,3)25-15(23)9-12(17(24)26-19(4,5)6)16-13(21)10-20(7,8)11-14(16)22/h9,16H,10-11H2,1-8H3. The average molecular weight is 366 g/mol. The highest BCUT2D eigenvalue weighted by Crippen LogP contribution is 2.37. The Kier molecular flexibility index (Phi) is 6.22. The molecule has 6 nitrogen and oxygen atoms in total. The molecule has 6 heteroatoms. The van der Waals surface area contributed by atoms with Gasteiger partial charge in [0, 0.05) is 18.9 Å². The molecular weight excluding hydrogens is 336 g/mol. The van der Waals surface area contributed by atoms with Crippen molar-refractivity contribution in [1.82, 2.24) is 0 Å². The highest BCUT2D eigenvalue weighted by atomic mass is 16.6. The van der Waals surface area contributed by atoms with Gasteiger partial charge in [0.05, 0.1) is 5.57 Å². The Hall–Kier alpha value is -1.98. The first-order valence-electron chi connectivity index (χ1n) is 8.74. The normalized spacial score (nSPS) is 19.3. The maximum atomic E-state index is 12.6. The van der Waals surface area contributed by atoms with Gasteiger partial charge in [0.15, 0.2) is 0 Å². The SMILES string of the molecule is CC1(C)CC(=O)C(C(=CC(=O)OC(C)(C)C)C(=O)OC(C)(C)C)C(=O)C1. The number of ether oxygens (including phenoxy) is 2. The number of rotatable bonds is 3. The molecular formula is C20H30O6. The summed E-state index contributed by atoms with van der Waals surface area (Å²) < 4.78 is 10.5. The van der Waals surface area contributed by atoms with Crippen LogP contribution in [0.4, 0.5) is 0 Å². The molecule has 0 aromatic heterocycles. The lowest BCUT2D eigenvalue weighted by Gasteiger charge is -2.33. The van der Waals surface area contributed by atoms with Gasteiger partial charge in [-0.2, -0.15) is 0 Å². The fraction of sp³-hybridized carbons (Fsp3) is 0.700. The zero-order valence-corrected chi connectivity index (χ0v) is 17.0. The van der Waals surface area contributed by atoms with E-state index < -0.39 is 34.5 Å². The minimum absolute atomic E-state index is 0.151. The summed E-state index contributed by atoms with van der Waals surface area (Å²) in [6.07, 6.45) is 1.23. The Labute approximate surface area is 155 Å². The summed E-state index contributed by atoms with van der Waals surface area (Å²) >= 11 is 0. The van der Waals surface area contributed by atoms with E-state index in [-0.39, 0.29) is 30.0 Å². The fourth-order valence-electron chi connectivity index (χ4n) is 2.79. The minimum atomic E-state index is -1.29. The molecule has 0 amide bonds. The van der Waals surface area contributed by atoms with Crippen molar-refractivity contribution in [3.05, 3.63) is 11.6 Å². The maximum absolute atomic E-state index is 12.6. The van der Waals surface area contributed by atoms with Gasteiger partial charge >= 0.3 is 11.9 Å². The lowest BCUT2D eigenvalue weighted by Crippen LogP contribution is -2.41. The molecule has 1 aliphatic carbocycles. The monoisotopic (exact) mass is 366 g/mol. The van der Waals surface area contributed by atoms with E-state index in [0.29, 0.717) is 0 Å². The highest BCUT2D eigenvalue weighted by Gasteiger charge is 2.44. The van der Waals surface area contributed by atoms with Crippen LogP contribution in [0.2, 0.25) is 0 Å². The van der Waals surface area contributed by atoms with Gasteiger partial charge in [-0.05, 0) is 47.0 Å². The molecule has 1 saturated carbocycles. The maximum Gasteiger partial charge on any atom is 0.335 e. The number of carbonyl (C=O) groups is 4. The zero-order chi connectivity index (χ0) is 20.5. The molecule has 0 atom stereocenters. The second-order valence-electron chi connectivity index (χ2n) is 9.52. The minimum Gasteiger partial charge on any atom is -0.457 e. The van der Waals surface area contributed by atoms with Crippen LogP contribution < -0.4 is 0 Å². The third kappa shape index (κ3) is 6.73. The summed E-state index contributed by atoms with van der Waals surface area (Å²) in [5, 5.41) is 0. The predicted molar refractivity (Wildman–Crippen MR) is 96.3 cm³/mol. The lowest BCUT2D eigenvalue weighted by molar-refractivity contribution is -0.155. The smallest absolute Gasteiger partial charge is 0.335 e. The van der Waals surface area contributed by atoms with Crippen LogP contribution in [0.1, 0.15) is 68.2 Å². The molecule has 0 aromatic rings. The number of esters is 2. The van der Waals surface area contributed by atoms with Crippen LogP contribution in [0.5, 0.6) is 0 Å². The molecule has 0 unspecified atom stereocenters. The van der Waals surface area contributed by atoms with Crippen LogP contribution >= 0.6 is 0 Å². The Morgan fingerprint density at radius 2 is 1.35 bits per heavy atom. The first-order valence-corrected chi connectivity index (χ1v) is 8.74. The highest BCUT2D eigenvalue weighted by molar-refractivity contribution is 6.15. The van der Waals surface area contributed by atoms with E-state index in [0.717, 1.165) is 6.08 Å². The van der Waals surface area contributed by atoms with Crippen molar-refractivity contribution >= 4 is 23.5 Å². The summed E-state index contributed by atoms with van der Waals surface area (Å²) in [4.78, 5) is 50.0. The topological polar surface area (TPSA) is 86.7 Å².